The quantitative estimate of drug-likeness (QED) is 0.743. The van der Waals surface area contributed by atoms with E-state index in [-0.39, 0.29) is 0 Å². The molecular weight excluding hydrogens is 301 g/mol. The van der Waals surface area contributed by atoms with Crippen LogP contribution in [0.5, 0.6) is 0 Å². The normalized spacial score (nSPS) is 16.9. The second kappa shape index (κ2) is 4.51. The zero-order valence-electron chi connectivity index (χ0n) is 8.79. The molecule has 2 rings (SSSR count). The van der Waals surface area contributed by atoms with Gasteiger partial charge in [-0.1, -0.05) is 6.07 Å². The first-order valence-electron chi connectivity index (χ1n) is 5.19. The zero-order chi connectivity index (χ0) is 10.8. The number of carbonyl (C=O) groups is 1. The van der Waals surface area contributed by atoms with Crippen molar-refractivity contribution in [1.29, 1.82) is 0 Å². The molecule has 0 aliphatic carbocycles. The van der Waals surface area contributed by atoms with E-state index in [0.29, 0.717) is 18.6 Å². The summed E-state index contributed by atoms with van der Waals surface area (Å²) in [5.74, 6) is 0.396. The largest absolute Gasteiger partial charge is 0.371 e. The van der Waals surface area contributed by atoms with Crippen molar-refractivity contribution in [2.45, 2.75) is 19.8 Å². The molecule has 80 valence electrons. The lowest BCUT2D eigenvalue weighted by molar-refractivity contribution is -0.119. The number of halogens is 1. The van der Waals surface area contributed by atoms with Gasteiger partial charge in [0.2, 0.25) is 0 Å². The molecule has 0 N–H and O–H groups in total. The van der Waals surface area contributed by atoms with Gasteiger partial charge in [0.05, 0.1) is 0 Å². The van der Waals surface area contributed by atoms with Gasteiger partial charge in [0.1, 0.15) is 5.78 Å². The summed E-state index contributed by atoms with van der Waals surface area (Å²) in [6.07, 6.45) is 1.40. The van der Waals surface area contributed by atoms with Crippen LogP contribution in [0.3, 0.4) is 0 Å². The highest BCUT2D eigenvalue weighted by molar-refractivity contribution is 14.1. The molecule has 1 aromatic rings. The highest BCUT2D eigenvalue weighted by atomic mass is 127. The van der Waals surface area contributed by atoms with Gasteiger partial charge in [-0.25, -0.2) is 0 Å². The Morgan fingerprint density at radius 1 is 1.27 bits per heavy atom. The van der Waals surface area contributed by atoms with Gasteiger partial charge in [0.15, 0.2) is 0 Å². The first kappa shape index (κ1) is 10.9. The molecule has 1 aliphatic rings. The Kier molecular flexibility index (Phi) is 3.29. The Bertz CT molecular complexity index is 379. The number of ketones is 1. The van der Waals surface area contributed by atoms with Crippen LogP contribution >= 0.6 is 22.6 Å². The number of benzene rings is 1. The molecule has 1 heterocycles. The van der Waals surface area contributed by atoms with E-state index in [9.17, 15) is 4.79 Å². The number of nitrogens with zero attached hydrogens (tertiary/aromatic N) is 1. The standard InChI is InChI=1S/C12H14INO/c1-9-2-3-10(8-12(9)13)14-6-4-11(15)5-7-14/h2-3,8H,4-7H2,1H3. The van der Waals surface area contributed by atoms with Crippen LogP contribution < -0.4 is 4.90 Å². The lowest BCUT2D eigenvalue weighted by Gasteiger charge is -2.28. The zero-order valence-corrected chi connectivity index (χ0v) is 11.0. The van der Waals surface area contributed by atoms with E-state index in [1.165, 1.54) is 14.8 Å². The molecular formula is C12H14INO. The van der Waals surface area contributed by atoms with Crippen LogP contribution in [0.25, 0.3) is 0 Å². The summed E-state index contributed by atoms with van der Waals surface area (Å²) in [6, 6.07) is 6.49. The molecule has 1 saturated heterocycles. The molecule has 1 aromatic carbocycles. The third-order valence-corrected chi connectivity index (χ3v) is 4.00. The Balaban J connectivity index is 2.16. The lowest BCUT2D eigenvalue weighted by atomic mass is 10.1. The minimum absolute atomic E-state index is 0.396. The molecule has 1 aliphatic heterocycles. The highest BCUT2D eigenvalue weighted by Crippen LogP contribution is 2.22. The molecule has 0 amide bonds. The second-order valence-electron chi connectivity index (χ2n) is 3.96. The van der Waals surface area contributed by atoms with Gasteiger partial charge >= 0.3 is 0 Å². The van der Waals surface area contributed by atoms with Gasteiger partial charge in [0.25, 0.3) is 0 Å². The van der Waals surface area contributed by atoms with Crippen molar-refractivity contribution >= 4 is 34.1 Å². The van der Waals surface area contributed by atoms with Gasteiger partial charge < -0.3 is 4.90 Å². The van der Waals surface area contributed by atoms with Crippen LogP contribution in [0.1, 0.15) is 18.4 Å². The SMILES string of the molecule is Cc1ccc(N2CCC(=O)CC2)cc1I. The summed E-state index contributed by atoms with van der Waals surface area (Å²) in [5.41, 5.74) is 2.56. The Morgan fingerprint density at radius 3 is 2.53 bits per heavy atom. The maximum Gasteiger partial charge on any atom is 0.136 e. The van der Waals surface area contributed by atoms with E-state index in [4.69, 9.17) is 0 Å². The molecule has 2 nitrogen and oxygen atoms in total. The first-order valence-corrected chi connectivity index (χ1v) is 6.27. The topological polar surface area (TPSA) is 20.3 Å². The van der Waals surface area contributed by atoms with Crippen LogP contribution in [-0.2, 0) is 4.79 Å². The average molecular weight is 315 g/mol. The van der Waals surface area contributed by atoms with Gasteiger partial charge in [-0.2, -0.15) is 0 Å². The number of hydrogen-bond acceptors (Lipinski definition) is 2. The lowest BCUT2D eigenvalue weighted by Crippen LogP contribution is -2.33. The van der Waals surface area contributed by atoms with Gasteiger partial charge in [-0.3, -0.25) is 4.79 Å². The maximum atomic E-state index is 11.1. The summed E-state index contributed by atoms with van der Waals surface area (Å²) in [7, 11) is 0. The predicted octanol–water partition coefficient (Wildman–Crippen LogP) is 2.77. The van der Waals surface area contributed by atoms with Crippen LogP contribution in [0.4, 0.5) is 5.69 Å². The molecule has 0 radical (unpaired) electrons. The monoisotopic (exact) mass is 315 g/mol. The molecule has 15 heavy (non-hydrogen) atoms. The molecule has 1 fully saturated rings. The number of rotatable bonds is 1. The van der Waals surface area contributed by atoms with Gasteiger partial charge in [0, 0.05) is 35.2 Å². The number of carbonyl (C=O) groups excluding carboxylic acids is 1. The number of aryl methyl sites for hydroxylation is 1. The Labute approximate surface area is 104 Å². The fourth-order valence-corrected chi connectivity index (χ4v) is 2.29. The van der Waals surface area contributed by atoms with Crippen LogP contribution in [0.2, 0.25) is 0 Å². The van der Waals surface area contributed by atoms with Crippen LogP contribution in [0.15, 0.2) is 18.2 Å². The number of hydrogen-bond donors (Lipinski definition) is 0. The minimum Gasteiger partial charge on any atom is -0.371 e. The fraction of sp³-hybridized carbons (Fsp3) is 0.417. The molecule has 0 spiro atoms. The molecule has 0 saturated carbocycles. The molecule has 0 atom stereocenters. The van der Waals surface area contributed by atoms with E-state index < -0.39 is 0 Å². The smallest absolute Gasteiger partial charge is 0.136 e. The highest BCUT2D eigenvalue weighted by Gasteiger charge is 2.16. The molecule has 3 heteroatoms. The predicted molar refractivity (Wildman–Crippen MR) is 70.4 cm³/mol. The van der Waals surface area contributed by atoms with Crippen molar-refractivity contribution in [2.24, 2.45) is 0 Å². The molecule has 0 bridgehead atoms. The number of anilines is 1. The van der Waals surface area contributed by atoms with E-state index in [2.05, 4.69) is 52.6 Å². The van der Waals surface area contributed by atoms with Crippen molar-refractivity contribution in [1.82, 2.24) is 0 Å². The van der Waals surface area contributed by atoms with Crippen molar-refractivity contribution in [3.8, 4) is 0 Å². The number of Topliss-reactive ketones (excluding diaryl/α,β-unsaturated/α-hetero) is 1. The maximum absolute atomic E-state index is 11.1. The van der Waals surface area contributed by atoms with E-state index in [1.807, 2.05) is 0 Å². The van der Waals surface area contributed by atoms with Gasteiger partial charge in [-0.05, 0) is 47.2 Å². The van der Waals surface area contributed by atoms with E-state index in [0.717, 1.165) is 13.1 Å². The average Bonchev–Trinajstić information content (AvgIpc) is 2.23. The summed E-state index contributed by atoms with van der Waals surface area (Å²) < 4.78 is 1.29. The van der Waals surface area contributed by atoms with Crippen LogP contribution in [-0.4, -0.2) is 18.9 Å². The minimum atomic E-state index is 0.396. The van der Waals surface area contributed by atoms with Crippen molar-refractivity contribution in [3.63, 3.8) is 0 Å². The van der Waals surface area contributed by atoms with Gasteiger partial charge in [-0.15, -0.1) is 0 Å². The molecule has 0 unspecified atom stereocenters. The first-order chi connectivity index (χ1) is 7.16. The van der Waals surface area contributed by atoms with Crippen LogP contribution in [0, 0.1) is 10.5 Å². The van der Waals surface area contributed by atoms with Crippen molar-refractivity contribution in [3.05, 3.63) is 27.3 Å². The summed E-state index contributed by atoms with van der Waals surface area (Å²) in [6.45, 7) is 3.86. The summed E-state index contributed by atoms with van der Waals surface area (Å²) >= 11 is 2.36. The second-order valence-corrected chi connectivity index (χ2v) is 5.12. The summed E-state index contributed by atoms with van der Waals surface area (Å²) in [4.78, 5) is 13.4. The number of piperidine rings is 1. The molecule has 0 aromatic heterocycles. The third kappa shape index (κ3) is 2.51. The van der Waals surface area contributed by atoms with E-state index in [1.54, 1.807) is 0 Å². The third-order valence-electron chi connectivity index (χ3n) is 2.84. The van der Waals surface area contributed by atoms with Crippen molar-refractivity contribution in [2.75, 3.05) is 18.0 Å². The fourth-order valence-electron chi connectivity index (χ4n) is 1.79. The Hall–Kier alpha value is -0.580. The van der Waals surface area contributed by atoms with E-state index >= 15 is 0 Å². The van der Waals surface area contributed by atoms with Crippen molar-refractivity contribution < 1.29 is 4.79 Å². The summed E-state index contributed by atoms with van der Waals surface area (Å²) in [5, 5.41) is 0. The Morgan fingerprint density at radius 2 is 1.93 bits per heavy atom.